The van der Waals surface area contributed by atoms with Crippen LogP contribution in [0.5, 0.6) is 0 Å². The largest absolute Gasteiger partial charge is 0.370 e. The Labute approximate surface area is 174 Å². The molecular formula is C20H18ClF2N3O2S. The predicted molar refractivity (Wildman–Crippen MR) is 113 cm³/mol. The Morgan fingerprint density at radius 3 is 2.69 bits per heavy atom. The highest BCUT2D eigenvalue weighted by Crippen LogP contribution is 2.42. The number of pyridine rings is 2. The Hall–Kier alpha value is -2.19. The van der Waals surface area contributed by atoms with Crippen molar-refractivity contribution in [2.75, 3.05) is 18.1 Å². The van der Waals surface area contributed by atoms with Gasteiger partial charge in [0.2, 0.25) is 5.92 Å². The van der Waals surface area contributed by atoms with Crippen LogP contribution in [-0.4, -0.2) is 34.6 Å². The summed E-state index contributed by atoms with van der Waals surface area (Å²) in [5.74, 6) is -2.21. The maximum Gasteiger partial charge on any atom is 0.248 e. The lowest BCUT2D eigenvalue weighted by atomic mass is 9.81. The van der Waals surface area contributed by atoms with Gasteiger partial charge in [-0.05, 0) is 36.4 Å². The van der Waals surface area contributed by atoms with Crippen LogP contribution >= 0.6 is 23.4 Å². The highest BCUT2D eigenvalue weighted by molar-refractivity contribution is 7.99. The van der Waals surface area contributed by atoms with Crippen LogP contribution in [0.3, 0.4) is 0 Å². The molecule has 0 saturated heterocycles. The molecule has 2 aromatic heterocycles. The zero-order chi connectivity index (χ0) is 20.8. The Kier molecular flexibility index (Phi) is 5.25. The van der Waals surface area contributed by atoms with Crippen LogP contribution in [0.2, 0.25) is 5.02 Å². The molecule has 9 heteroatoms. The van der Waals surface area contributed by atoms with Crippen molar-refractivity contribution in [1.29, 1.82) is 0 Å². The second kappa shape index (κ2) is 7.57. The number of halogens is 3. The summed E-state index contributed by atoms with van der Waals surface area (Å²) in [6.07, 6.45) is 2.32. The monoisotopic (exact) mass is 437 g/mol. The third-order valence-electron chi connectivity index (χ3n) is 5.18. The molecule has 3 aromatic rings. The molecule has 1 aromatic carbocycles. The Bertz CT molecular complexity index is 1170. The van der Waals surface area contributed by atoms with Gasteiger partial charge in [-0.15, -0.1) is 11.8 Å². The molecule has 1 N–H and O–H groups in total. The number of anilines is 1. The van der Waals surface area contributed by atoms with Gasteiger partial charge in [0.25, 0.3) is 0 Å². The molecule has 0 radical (unpaired) electrons. The molecule has 0 aliphatic heterocycles. The van der Waals surface area contributed by atoms with E-state index in [1.807, 2.05) is 6.26 Å². The minimum Gasteiger partial charge on any atom is -0.370 e. The highest BCUT2D eigenvalue weighted by atomic mass is 35.5. The number of nitrogens with one attached hydrogen (secondary N) is 1. The average Bonchev–Trinajstić information content (AvgIpc) is 2.67. The summed E-state index contributed by atoms with van der Waals surface area (Å²) in [5.41, 5.74) is 0.732. The molecule has 1 aliphatic carbocycles. The number of aldehydes is 1. The first-order valence-electron chi connectivity index (χ1n) is 9.09. The van der Waals surface area contributed by atoms with Crippen molar-refractivity contribution in [3.8, 4) is 0 Å². The number of thioether (sulfide) groups is 1. The maximum atomic E-state index is 13.0. The number of benzene rings is 1. The van der Waals surface area contributed by atoms with Gasteiger partial charge in [0.05, 0.1) is 27.4 Å². The zero-order valence-electron chi connectivity index (χ0n) is 15.5. The fourth-order valence-electron chi connectivity index (χ4n) is 3.80. The van der Waals surface area contributed by atoms with Gasteiger partial charge in [-0.3, -0.25) is 4.79 Å². The van der Waals surface area contributed by atoms with Gasteiger partial charge in [-0.1, -0.05) is 11.6 Å². The Morgan fingerprint density at radius 1 is 1.31 bits per heavy atom. The minimum atomic E-state index is -2.57. The third kappa shape index (κ3) is 3.59. The van der Waals surface area contributed by atoms with Gasteiger partial charge < -0.3 is 14.7 Å². The van der Waals surface area contributed by atoms with Gasteiger partial charge in [0.1, 0.15) is 17.8 Å². The first-order chi connectivity index (χ1) is 13.8. The lowest BCUT2D eigenvalue weighted by molar-refractivity contribution is -0.108. The average molecular weight is 438 g/mol. The van der Waals surface area contributed by atoms with Crippen LogP contribution in [0.25, 0.3) is 21.9 Å². The van der Waals surface area contributed by atoms with Crippen LogP contribution in [-0.2, 0) is 11.3 Å². The molecule has 1 fully saturated rings. The summed E-state index contributed by atoms with van der Waals surface area (Å²) >= 11 is 7.71. The van der Waals surface area contributed by atoms with E-state index in [0.29, 0.717) is 44.2 Å². The number of carbonyl (C=O) groups is 1. The number of alkyl halides is 2. The van der Waals surface area contributed by atoms with Gasteiger partial charge in [-0.2, -0.15) is 0 Å². The lowest BCUT2D eigenvalue weighted by Crippen LogP contribution is -2.39. The Balaban J connectivity index is 1.84. The topological polar surface area (TPSA) is 64.0 Å². The summed E-state index contributed by atoms with van der Waals surface area (Å²) in [5, 5.41) is 4.41. The van der Waals surface area contributed by atoms with E-state index in [4.69, 9.17) is 11.6 Å². The Morgan fingerprint density at radius 2 is 2.03 bits per heavy atom. The van der Waals surface area contributed by atoms with Gasteiger partial charge in [0, 0.05) is 24.8 Å². The summed E-state index contributed by atoms with van der Waals surface area (Å²) < 4.78 is 27.7. The standard InChI is InChI=1S/C20H18ClF2N3O2S/c1-29-18-14(21)4-2-12-16(18)26(6-7-27)19-13(17(12)28)3-5-15(25-19)24-10-11-8-20(22,23)9-11/h2-5,7,11H,6,8-10H2,1H3,(H,24,25). The van der Waals surface area contributed by atoms with Crippen LogP contribution in [0.4, 0.5) is 14.6 Å². The van der Waals surface area contributed by atoms with Crippen LogP contribution in [0.1, 0.15) is 12.8 Å². The molecule has 0 unspecified atom stereocenters. The molecule has 0 atom stereocenters. The number of rotatable bonds is 6. The quantitative estimate of drug-likeness (QED) is 0.347. The van der Waals surface area contributed by atoms with E-state index in [9.17, 15) is 18.4 Å². The summed E-state index contributed by atoms with van der Waals surface area (Å²) in [6, 6.07) is 6.63. The van der Waals surface area contributed by atoms with Crippen molar-refractivity contribution in [3.63, 3.8) is 0 Å². The number of fused-ring (bicyclic) bond motifs is 2. The fourth-order valence-corrected chi connectivity index (χ4v) is 4.86. The molecule has 5 nitrogen and oxygen atoms in total. The molecule has 1 saturated carbocycles. The molecule has 0 bridgehead atoms. The van der Waals surface area contributed by atoms with E-state index in [2.05, 4.69) is 10.3 Å². The predicted octanol–water partition coefficient (Wildman–Crippen LogP) is 4.58. The van der Waals surface area contributed by atoms with Crippen molar-refractivity contribution in [2.45, 2.75) is 30.2 Å². The number of hydrogen-bond acceptors (Lipinski definition) is 5. The smallest absolute Gasteiger partial charge is 0.248 e. The number of nitrogens with zero attached hydrogens (tertiary/aromatic N) is 2. The van der Waals surface area contributed by atoms with Crippen molar-refractivity contribution in [1.82, 2.24) is 9.55 Å². The van der Waals surface area contributed by atoms with E-state index < -0.39 is 5.92 Å². The van der Waals surface area contributed by atoms with Crippen molar-refractivity contribution < 1.29 is 13.6 Å². The number of aromatic nitrogens is 2. The van der Waals surface area contributed by atoms with Crippen LogP contribution < -0.4 is 10.7 Å². The number of hydrogen-bond donors (Lipinski definition) is 1. The van der Waals surface area contributed by atoms with Crippen molar-refractivity contribution >= 4 is 57.4 Å². The minimum absolute atomic E-state index is 0.00643. The summed E-state index contributed by atoms with van der Waals surface area (Å²) in [4.78, 5) is 29.6. The molecule has 152 valence electrons. The normalized spacial score (nSPS) is 16.1. The van der Waals surface area contributed by atoms with Crippen LogP contribution in [0.15, 0.2) is 34.0 Å². The van der Waals surface area contributed by atoms with E-state index in [-0.39, 0.29) is 30.7 Å². The van der Waals surface area contributed by atoms with E-state index in [0.717, 1.165) is 6.29 Å². The summed E-state index contributed by atoms with van der Waals surface area (Å²) in [6.45, 7) is 0.383. The molecular weight excluding hydrogens is 420 g/mol. The van der Waals surface area contributed by atoms with Gasteiger partial charge in [0.15, 0.2) is 5.43 Å². The molecule has 4 rings (SSSR count). The maximum absolute atomic E-state index is 13.0. The zero-order valence-corrected chi connectivity index (χ0v) is 17.1. The number of carbonyl (C=O) groups excluding carboxylic acids is 1. The van der Waals surface area contributed by atoms with Gasteiger partial charge >= 0.3 is 0 Å². The van der Waals surface area contributed by atoms with E-state index in [1.165, 1.54) is 11.8 Å². The third-order valence-corrected chi connectivity index (χ3v) is 6.43. The first-order valence-corrected chi connectivity index (χ1v) is 10.7. The first kappa shape index (κ1) is 20.1. The molecule has 0 spiro atoms. The van der Waals surface area contributed by atoms with Crippen molar-refractivity contribution in [2.24, 2.45) is 5.92 Å². The second-order valence-electron chi connectivity index (χ2n) is 7.16. The van der Waals surface area contributed by atoms with Gasteiger partial charge in [-0.25, -0.2) is 13.8 Å². The molecule has 0 amide bonds. The molecule has 29 heavy (non-hydrogen) atoms. The highest BCUT2D eigenvalue weighted by Gasteiger charge is 2.44. The second-order valence-corrected chi connectivity index (χ2v) is 8.39. The lowest BCUT2D eigenvalue weighted by Gasteiger charge is -2.35. The summed E-state index contributed by atoms with van der Waals surface area (Å²) in [7, 11) is 0. The van der Waals surface area contributed by atoms with Crippen molar-refractivity contribution in [3.05, 3.63) is 39.5 Å². The van der Waals surface area contributed by atoms with E-state index >= 15 is 0 Å². The van der Waals surface area contributed by atoms with E-state index in [1.54, 1.807) is 28.8 Å². The molecule has 2 heterocycles. The SMILES string of the molecule is CSc1c(Cl)ccc2c(=O)c3ccc(NCC4CC(F)(F)C4)nc3n(CC=O)c12. The molecule has 1 aliphatic rings. The van der Waals surface area contributed by atoms with Crippen LogP contribution in [0, 0.1) is 5.92 Å². The fraction of sp³-hybridized carbons (Fsp3) is 0.350.